The van der Waals surface area contributed by atoms with E-state index in [1.54, 1.807) is 0 Å². The Hall–Kier alpha value is -0.120. The second-order valence-electron chi connectivity index (χ2n) is 5.79. The fourth-order valence-corrected chi connectivity index (χ4v) is 1.93. The van der Waals surface area contributed by atoms with Crippen molar-refractivity contribution in [1.82, 2.24) is 4.90 Å². The van der Waals surface area contributed by atoms with Crippen LogP contribution in [0.4, 0.5) is 0 Å². The summed E-state index contributed by atoms with van der Waals surface area (Å²) in [5, 5.41) is 0. The van der Waals surface area contributed by atoms with E-state index in [0.717, 1.165) is 13.1 Å². The van der Waals surface area contributed by atoms with Gasteiger partial charge in [-0.25, -0.2) is 0 Å². The van der Waals surface area contributed by atoms with Gasteiger partial charge >= 0.3 is 0 Å². The summed E-state index contributed by atoms with van der Waals surface area (Å²) in [6.07, 6.45) is 0.179. The molecular weight excluding hydrogens is 176 g/mol. The van der Waals surface area contributed by atoms with Gasteiger partial charge in [0, 0.05) is 25.2 Å². The average Bonchev–Trinajstić information content (AvgIpc) is 1.99. The van der Waals surface area contributed by atoms with Gasteiger partial charge in [0.25, 0.3) is 0 Å². The molecule has 3 heteroatoms. The molecule has 0 aromatic carbocycles. The molecule has 1 heterocycles. The molecule has 1 fully saturated rings. The number of nitrogens with two attached hydrogens (primary N) is 1. The Balaban J connectivity index is 2.71. The van der Waals surface area contributed by atoms with Crippen LogP contribution in [0.25, 0.3) is 0 Å². The van der Waals surface area contributed by atoms with Gasteiger partial charge in [-0.05, 0) is 34.6 Å². The minimum absolute atomic E-state index is 0.0738. The molecule has 1 unspecified atom stereocenters. The molecular formula is C11H24N2O. The molecule has 14 heavy (non-hydrogen) atoms. The van der Waals surface area contributed by atoms with E-state index in [4.69, 9.17) is 10.5 Å². The summed E-state index contributed by atoms with van der Waals surface area (Å²) in [5.74, 6) is 0. The third-order valence-electron chi connectivity index (χ3n) is 2.69. The molecule has 1 aliphatic heterocycles. The van der Waals surface area contributed by atoms with E-state index in [1.165, 1.54) is 0 Å². The minimum atomic E-state index is -0.0738. The van der Waals surface area contributed by atoms with Crippen LogP contribution in [0.1, 0.15) is 34.6 Å². The van der Waals surface area contributed by atoms with E-state index in [0.29, 0.717) is 6.54 Å². The van der Waals surface area contributed by atoms with Crippen LogP contribution in [0.5, 0.6) is 0 Å². The van der Waals surface area contributed by atoms with Gasteiger partial charge < -0.3 is 10.5 Å². The summed E-state index contributed by atoms with van der Waals surface area (Å²) in [6.45, 7) is 13.5. The summed E-state index contributed by atoms with van der Waals surface area (Å²) in [7, 11) is 0. The Morgan fingerprint density at radius 1 is 1.43 bits per heavy atom. The number of ether oxygens (including phenoxy) is 1. The van der Waals surface area contributed by atoms with E-state index in [9.17, 15) is 0 Å². The first-order valence-electron chi connectivity index (χ1n) is 5.37. The first-order valence-corrected chi connectivity index (χ1v) is 5.37. The van der Waals surface area contributed by atoms with E-state index in [2.05, 4.69) is 39.5 Å². The summed E-state index contributed by atoms with van der Waals surface area (Å²) in [6, 6.07) is 0. The molecule has 1 saturated heterocycles. The zero-order chi connectivity index (χ0) is 11.0. The van der Waals surface area contributed by atoms with Crippen LogP contribution in [0.3, 0.4) is 0 Å². The number of hydrogen-bond donors (Lipinski definition) is 1. The maximum Gasteiger partial charge on any atom is 0.0832 e. The monoisotopic (exact) mass is 200 g/mol. The van der Waals surface area contributed by atoms with Gasteiger partial charge in [-0.15, -0.1) is 0 Å². The maximum atomic E-state index is 5.88. The largest absolute Gasteiger partial charge is 0.368 e. The van der Waals surface area contributed by atoms with Crippen LogP contribution < -0.4 is 5.73 Å². The molecule has 1 atom stereocenters. The highest BCUT2D eigenvalue weighted by atomic mass is 16.5. The number of morpholine rings is 1. The molecule has 2 N–H and O–H groups in total. The molecule has 0 aliphatic carbocycles. The fraction of sp³-hybridized carbons (Fsp3) is 1.00. The number of rotatable bonds is 1. The number of hydrogen-bond acceptors (Lipinski definition) is 3. The van der Waals surface area contributed by atoms with E-state index >= 15 is 0 Å². The molecule has 84 valence electrons. The van der Waals surface area contributed by atoms with Gasteiger partial charge in [0.05, 0.1) is 11.7 Å². The van der Waals surface area contributed by atoms with Crippen molar-refractivity contribution in [1.29, 1.82) is 0 Å². The lowest BCUT2D eigenvalue weighted by atomic mass is 9.98. The van der Waals surface area contributed by atoms with Gasteiger partial charge in [0.2, 0.25) is 0 Å². The molecule has 0 aromatic rings. The van der Waals surface area contributed by atoms with Crippen LogP contribution in [0.2, 0.25) is 0 Å². The summed E-state index contributed by atoms with van der Waals surface area (Å²) < 4.78 is 5.88. The van der Waals surface area contributed by atoms with Crippen LogP contribution >= 0.6 is 0 Å². The Kier molecular flexibility index (Phi) is 3.24. The minimum Gasteiger partial charge on any atom is -0.368 e. The van der Waals surface area contributed by atoms with Gasteiger partial charge in [-0.2, -0.15) is 0 Å². The molecule has 0 amide bonds. The smallest absolute Gasteiger partial charge is 0.0832 e. The zero-order valence-corrected chi connectivity index (χ0v) is 10.1. The first kappa shape index (κ1) is 12.0. The predicted molar refractivity (Wildman–Crippen MR) is 59.3 cm³/mol. The normalized spacial score (nSPS) is 29.1. The van der Waals surface area contributed by atoms with Crippen molar-refractivity contribution in [2.45, 2.75) is 51.9 Å². The van der Waals surface area contributed by atoms with Crippen molar-refractivity contribution >= 4 is 0 Å². The van der Waals surface area contributed by atoms with E-state index in [1.807, 2.05) is 0 Å². The van der Waals surface area contributed by atoms with Gasteiger partial charge in [0.1, 0.15) is 0 Å². The Morgan fingerprint density at radius 3 is 2.43 bits per heavy atom. The Labute approximate surface area is 87.6 Å². The van der Waals surface area contributed by atoms with Crippen molar-refractivity contribution in [2.24, 2.45) is 5.73 Å². The topological polar surface area (TPSA) is 38.5 Å². The van der Waals surface area contributed by atoms with Crippen LogP contribution in [-0.4, -0.2) is 41.8 Å². The molecule has 0 radical (unpaired) electrons. The standard InChI is InChI=1S/C11H24N2O/c1-10(2,3)13-7-9(6-12)14-11(4,5)8-13/h9H,6-8,12H2,1-5H3. The van der Waals surface area contributed by atoms with Crippen LogP contribution in [0, 0.1) is 0 Å². The van der Waals surface area contributed by atoms with Gasteiger partial charge in [-0.1, -0.05) is 0 Å². The molecule has 0 bridgehead atoms. The third-order valence-corrected chi connectivity index (χ3v) is 2.69. The Morgan fingerprint density at radius 2 is 2.00 bits per heavy atom. The highest BCUT2D eigenvalue weighted by Gasteiger charge is 2.36. The van der Waals surface area contributed by atoms with E-state index in [-0.39, 0.29) is 17.2 Å². The zero-order valence-electron chi connectivity index (χ0n) is 10.1. The molecule has 0 saturated carbocycles. The van der Waals surface area contributed by atoms with Crippen LogP contribution in [0.15, 0.2) is 0 Å². The average molecular weight is 200 g/mol. The van der Waals surface area contributed by atoms with Crippen molar-refractivity contribution < 1.29 is 4.74 Å². The highest BCUT2D eigenvalue weighted by molar-refractivity contribution is 4.90. The van der Waals surface area contributed by atoms with Crippen molar-refractivity contribution in [3.63, 3.8) is 0 Å². The lowest BCUT2D eigenvalue weighted by Gasteiger charge is -2.48. The molecule has 1 aliphatic rings. The molecule has 0 spiro atoms. The molecule has 1 rings (SSSR count). The second kappa shape index (κ2) is 3.80. The van der Waals surface area contributed by atoms with Crippen molar-refractivity contribution in [2.75, 3.05) is 19.6 Å². The first-order chi connectivity index (χ1) is 6.24. The second-order valence-corrected chi connectivity index (χ2v) is 5.79. The quantitative estimate of drug-likeness (QED) is 0.692. The highest BCUT2D eigenvalue weighted by Crippen LogP contribution is 2.26. The molecule has 3 nitrogen and oxygen atoms in total. The molecule has 0 aromatic heterocycles. The Bertz CT molecular complexity index is 196. The fourth-order valence-electron chi connectivity index (χ4n) is 1.93. The van der Waals surface area contributed by atoms with Crippen molar-refractivity contribution in [3.8, 4) is 0 Å². The van der Waals surface area contributed by atoms with Gasteiger partial charge in [0.15, 0.2) is 0 Å². The maximum absolute atomic E-state index is 5.88. The third kappa shape index (κ3) is 2.94. The summed E-state index contributed by atoms with van der Waals surface area (Å²) >= 11 is 0. The summed E-state index contributed by atoms with van der Waals surface area (Å²) in [5.41, 5.74) is 5.81. The van der Waals surface area contributed by atoms with Crippen molar-refractivity contribution in [3.05, 3.63) is 0 Å². The lowest BCUT2D eigenvalue weighted by molar-refractivity contribution is -0.149. The van der Waals surface area contributed by atoms with E-state index < -0.39 is 0 Å². The summed E-state index contributed by atoms with van der Waals surface area (Å²) in [4.78, 5) is 2.45. The van der Waals surface area contributed by atoms with Crippen LogP contribution in [-0.2, 0) is 4.74 Å². The predicted octanol–water partition coefficient (Wildman–Crippen LogP) is 1.22. The SMILES string of the molecule is CC1(C)CN(C(C)(C)C)CC(CN)O1. The lowest BCUT2D eigenvalue weighted by Crippen LogP contribution is -2.59. The number of nitrogens with zero attached hydrogens (tertiary/aromatic N) is 1. The van der Waals surface area contributed by atoms with Gasteiger partial charge in [-0.3, -0.25) is 4.90 Å².